The van der Waals surface area contributed by atoms with Crippen LogP contribution in [0, 0.1) is 0 Å². The fraction of sp³-hybridized carbons (Fsp3) is 0.391. The SMILES string of the molecule is CSc1ccc(C(NC(=O)c2cccc(C(F)(F)F)c2)C(=O)NC2CCCCC2)cc1. The summed E-state index contributed by atoms with van der Waals surface area (Å²) in [5.41, 5.74) is -0.481. The molecule has 0 heterocycles. The number of carbonyl (C=O) groups excluding carboxylic acids is 2. The maximum atomic E-state index is 13.0. The van der Waals surface area contributed by atoms with Crippen LogP contribution in [-0.4, -0.2) is 24.1 Å². The van der Waals surface area contributed by atoms with E-state index in [-0.39, 0.29) is 17.5 Å². The molecule has 31 heavy (non-hydrogen) atoms. The number of hydrogen-bond acceptors (Lipinski definition) is 3. The lowest BCUT2D eigenvalue weighted by Gasteiger charge is -2.26. The van der Waals surface area contributed by atoms with Crippen molar-refractivity contribution in [1.82, 2.24) is 10.6 Å². The molecule has 0 radical (unpaired) electrons. The molecule has 1 aliphatic rings. The van der Waals surface area contributed by atoms with Crippen LogP contribution in [-0.2, 0) is 11.0 Å². The lowest BCUT2D eigenvalue weighted by molar-refractivity contribution is -0.137. The van der Waals surface area contributed by atoms with Gasteiger partial charge in [-0.05, 0) is 55.0 Å². The van der Waals surface area contributed by atoms with E-state index < -0.39 is 23.7 Å². The maximum Gasteiger partial charge on any atom is 0.416 e. The van der Waals surface area contributed by atoms with Crippen LogP contribution in [0.1, 0.15) is 59.6 Å². The van der Waals surface area contributed by atoms with Gasteiger partial charge in [0.2, 0.25) is 5.91 Å². The number of alkyl halides is 3. The highest BCUT2D eigenvalue weighted by atomic mass is 32.2. The molecule has 2 amide bonds. The number of hydrogen-bond donors (Lipinski definition) is 2. The summed E-state index contributed by atoms with van der Waals surface area (Å²) in [6.45, 7) is 0. The van der Waals surface area contributed by atoms with Crippen molar-refractivity contribution >= 4 is 23.6 Å². The standard InChI is InChI=1S/C23H25F3N2O2S/c1-31-19-12-10-15(11-13-19)20(22(30)27-18-8-3-2-4-9-18)28-21(29)16-6-5-7-17(14-16)23(24,25)26/h5-7,10-14,18,20H,2-4,8-9H2,1H3,(H,27,30)(H,28,29). The van der Waals surface area contributed by atoms with Gasteiger partial charge in [0.05, 0.1) is 5.56 Å². The molecule has 3 rings (SSSR count). The van der Waals surface area contributed by atoms with Gasteiger partial charge in [-0.3, -0.25) is 9.59 Å². The zero-order valence-corrected chi connectivity index (χ0v) is 18.0. The van der Waals surface area contributed by atoms with E-state index >= 15 is 0 Å². The van der Waals surface area contributed by atoms with E-state index in [1.54, 1.807) is 23.9 Å². The first-order valence-electron chi connectivity index (χ1n) is 10.2. The van der Waals surface area contributed by atoms with Crippen LogP contribution in [0.5, 0.6) is 0 Å². The van der Waals surface area contributed by atoms with Crippen molar-refractivity contribution in [3.8, 4) is 0 Å². The molecule has 0 saturated heterocycles. The van der Waals surface area contributed by atoms with Crippen molar-refractivity contribution < 1.29 is 22.8 Å². The van der Waals surface area contributed by atoms with Crippen LogP contribution in [0.2, 0.25) is 0 Å². The average molecular weight is 451 g/mol. The third-order valence-electron chi connectivity index (χ3n) is 5.39. The first-order chi connectivity index (χ1) is 14.8. The summed E-state index contributed by atoms with van der Waals surface area (Å²) in [4.78, 5) is 26.8. The molecule has 4 nitrogen and oxygen atoms in total. The summed E-state index contributed by atoms with van der Waals surface area (Å²) in [7, 11) is 0. The molecular weight excluding hydrogens is 425 g/mol. The van der Waals surface area contributed by atoms with Gasteiger partial charge in [0.1, 0.15) is 6.04 Å². The molecule has 1 fully saturated rings. The third kappa shape index (κ3) is 6.26. The van der Waals surface area contributed by atoms with Crippen molar-refractivity contribution in [1.29, 1.82) is 0 Å². The van der Waals surface area contributed by atoms with Crippen molar-refractivity contribution in [2.75, 3.05) is 6.26 Å². The van der Waals surface area contributed by atoms with Gasteiger partial charge < -0.3 is 10.6 Å². The number of thioether (sulfide) groups is 1. The van der Waals surface area contributed by atoms with E-state index in [0.717, 1.165) is 49.1 Å². The molecule has 0 bridgehead atoms. The number of rotatable bonds is 6. The van der Waals surface area contributed by atoms with Gasteiger partial charge in [0, 0.05) is 16.5 Å². The Bertz CT molecular complexity index is 910. The van der Waals surface area contributed by atoms with Gasteiger partial charge in [-0.1, -0.05) is 37.5 Å². The first kappa shape index (κ1) is 23.2. The summed E-state index contributed by atoms with van der Waals surface area (Å²) in [5, 5.41) is 5.63. The van der Waals surface area contributed by atoms with Crippen molar-refractivity contribution in [3.63, 3.8) is 0 Å². The summed E-state index contributed by atoms with van der Waals surface area (Å²) in [6.07, 6.45) is 2.35. The molecule has 8 heteroatoms. The van der Waals surface area contributed by atoms with Gasteiger partial charge in [0.25, 0.3) is 5.91 Å². The predicted octanol–water partition coefficient (Wildman–Crippen LogP) is 5.35. The summed E-state index contributed by atoms with van der Waals surface area (Å²) in [5.74, 6) is -1.09. The highest BCUT2D eigenvalue weighted by molar-refractivity contribution is 7.98. The van der Waals surface area contributed by atoms with Crippen LogP contribution >= 0.6 is 11.8 Å². The molecule has 2 aromatic carbocycles. The topological polar surface area (TPSA) is 58.2 Å². The molecule has 0 spiro atoms. The van der Waals surface area contributed by atoms with Crippen molar-refractivity contribution in [2.24, 2.45) is 0 Å². The van der Waals surface area contributed by atoms with Gasteiger partial charge >= 0.3 is 6.18 Å². The fourth-order valence-corrected chi connectivity index (χ4v) is 4.09. The second-order valence-corrected chi connectivity index (χ2v) is 8.48. The van der Waals surface area contributed by atoms with Gasteiger partial charge in [-0.25, -0.2) is 0 Å². The lowest BCUT2D eigenvalue weighted by atomic mass is 9.95. The van der Waals surface area contributed by atoms with Crippen LogP contribution < -0.4 is 10.6 Å². The minimum Gasteiger partial charge on any atom is -0.351 e. The largest absolute Gasteiger partial charge is 0.416 e. The molecule has 2 N–H and O–H groups in total. The van der Waals surface area contributed by atoms with Gasteiger partial charge in [-0.2, -0.15) is 13.2 Å². The predicted molar refractivity (Wildman–Crippen MR) is 115 cm³/mol. The molecule has 0 aliphatic heterocycles. The van der Waals surface area contributed by atoms with E-state index in [1.807, 2.05) is 18.4 Å². The molecule has 1 unspecified atom stereocenters. The Labute approximate surface area is 184 Å². The number of halogens is 3. The van der Waals surface area contributed by atoms with Gasteiger partial charge in [0.15, 0.2) is 0 Å². The molecule has 1 aliphatic carbocycles. The Hall–Kier alpha value is -2.48. The van der Waals surface area contributed by atoms with E-state index in [2.05, 4.69) is 10.6 Å². The van der Waals surface area contributed by atoms with Crippen LogP contribution in [0.3, 0.4) is 0 Å². The molecule has 1 saturated carbocycles. The number of carbonyl (C=O) groups is 2. The molecular formula is C23H25F3N2O2S. The van der Waals surface area contributed by atoms with Gasteiger partial charge in [-0.15, -0.1) is 11.8 Å². The second kappa shape index (κ2) is 10.2. The van der Waals surface area contributed by atoms with Crippen LogP contribution in [0.15, 0.2) is 53.4 Å². The average Bonchev–Trinajstić information content (AvgIpc) is 2.77. The van der Waals surface area contributed by atoms with Crippen molar-refractivity contribution in [3.05, 3.63) is 65.2 Å². The zero-order chi connectivity index (χ0) is 22.4. The summed E-state index contributed by atoms with van der Waals surface area (Å²) >= 11 is 1.55. The molecule has 1 atom stereocenters. The van der Waals surface area contributed by atoms with Crippen LogP contribution in [0.4, 0.5) is 13.2 Å². The Morgan fingerprint density at radius 3 is 2.32 bits per heavy atom. The lowest BCUT2D eigenvalue weighted by Crippen LogP contribution is -2.45. The number of nitrogens with one attached hydrogen (secondary N) is 2. The smallest absolute Gasteiger partial charge is 0.351 e. The molecule has 0 aromatic heterocycles. The minimum absolute atomic E-state index is 0.0414. The second-order valence-electron chi connectivity index (χ2n) is 7.60. The third-order valence-corrected chi connectivity index (χ3v) is 6.13. The highest BCUT2D eigenvalue weighted by Gasteiger charge is 2.32. The highest BCUT2D eigenvalue weighted by Crippen LogP contribution is 2.30. The number of benzene rings is 2. The maximum absolute atomic E-state index is 13.0. The molecule has 2 aromatic rings. The zero-order valence-electron chi connectivity index (χ0n) is 17.2. The van der Waals surface area contributed by atoms with E-state index in [1.165, 1.54) is 12.1 Å². The quantitative estimate of drug-likeness (QED) is 0.584. The monoisotopic (exact) mass is 450 g/mol. The Morgan fingerprint density at radius 2 is 1.71 bits per heavy atom. The van der Waals surface area contributed by atoms with E-state index in [9.17, 15) is 22.8 Å². The summed E-state index contributed by atoms with van der Waals surface area (Å²) in [6, 6.07) is 10.4. The normalized spacial score (nSPS) is 15.9. The number of amides is 2. The fourth-order valence-electron chi connectivity index (χ4n) is 3.68. The summed E-state index contributed by atoms with van der Waals surface area (Å²) < 4.78 is 39.1. The Kier molecular flexibility index (Phi) is 7.64. The van der Waals surface area contributed by atoms with Crippen molar-refractivity contribution in [2.45, 2.75) is 55.3 Å². The van der Waals surface area contributed by atoms with E-state index in [4.69, 9.17) is 0 Å². The first-order valence-corrected chi connectivity index (χ1v) is 11.4. The Morgan fingerprint density at radius 1 is 1.03 bits per heavy atom. The Balaban J connectivity index is 1.83. The van der Waals surface area contributed by atoms with Crippen LogP contribution in [0.25, 0.3) is 0 Å². The molecule has 166 valence electrons. The van der Waals surface area contributed by atoms with E-state index in [0.29, 0.717) is 5.56 Å². The minimum atomic E-state index is -4.55.